The van der Waals surface area contributed by atoms with Crippen LogP contribution in [0.3, 0.4) is 0 Å². The van der Waals surface area contributed by atoms with E-state index in [4.69, 9.17) is 9.47 Å². The van der Waals surface area contributed by atoms with E-state index in [0.717, 1.165) is 57.3 Å². The van der Waals surface area contributed by atoms with Crippen molar-refractivity contribution >= 4 is 6.03 Å². The van der Waals surface area contributed by atoms with Gasteiger partial charge < -0.3 is 14.8 Å². The number of morpholine rings is 1. The number of hydrogen-bond donors (Lipinski definition) is 1. The van der Waals surface area contributed by atoms with E-state index < -0.39 is 0 Å². The van der Waals surface area contributed by atoms with Gasteiger partial charge in [-0.2, -0.15) is 0 Å². The van der Waals surface area contributed by atoms with E-state index in [2.05, 4.69) is 33.9 Å². The summed E-state index contributed by atoms with van der Waals surface area (Å²) in [7, 11) is 0. The predicted molar refractivity (Wildman–Crippen MR) is 113 cm³/mol. The number of urea groups is 1. The summed E-state index contributed by atoms with van der Waals surface area (Å²) in [5.74, 6) is 7.71. The summed E-state index contributed by atoms with van der Waals surface area (Å²) in [6.45, 7) is 8.41. The third kappa shape index (κ3) is 4.00. The normalized spacial score (nSPS) is 35.0. The van der Waals surface area contributed by atoms with Gasteiger partial charge in [0.2, 0.25) is 0 Å². The Kier molecular flexibility index (Phi) is 5.32. The third-order valence-corrected chi connectivity index (χ3v) is 6.82. The molecule has 1 unspecified atom stereocenters. The molecule has 0 aromatic heterocycles. The van der Waals surface area contributed by atoms with Crippen LogP contribution in [0.4, 0.5) is 4.79 Å². The van der Waals surface area contributed by atoms with Crippen molar-refractivity contribution in [3.63, 3.8) is 0 Å². The molecule has 6 rings (SSSR count). The number of piperidine rings is 3. The van der Waals surface area contributed by atoms with Crippen molar-refractivity contribution in [1.82, 2.24) is 20.0 Å². The van der Waals surface area contributed by atoms with Crippen molar-refractivity contribution in [3.05, 3.63) is 35.9 Å². The van der Waals surface area contributed by atoms with Crippen LogP contribution in [0, 0.1) is 17.8 Å². The molecule has 4 saturated heterocycles. The Balaban J connectivity index is 1.20. The molecular formula is C23H30N4O3. The van der Waals surface area contributed by atoms with Gasteiger partial charge >= 0.3 is 6.03 Å². The maximum Gasteiger partial charge on any atom is 0.326 e. The van der Waals surface area contributed by atoms with E-state index in [0.29, 0.717) is 12.3 Å². The third-order valence-electron chi connectivity index (χ3n) is 6.82. The molecule has 4 fully saturated rings. The quantitative estimate of drug-likeness (QED) is 0.705. The molecule has 30 heavy (non-hydrogen) atoms. The van der Waals surface area contributed by atoms with Crippen LogP contribution in [0.25, 0.3) is 0 Å². The summed E-state index contributed by atoms with van der Waals surface area (Å²) in [5.41, 5.74) is 0.707. The molecule has 6 aliphatic rings. The van der Waals surface area contributed by atoms with E-state index in [-0.39, 0.29) is 17.8 Å². The van der Waals surface area contributed by atoms with E-state index in [9.17, 15) is 4.79 Å². The van der Waals surface area contributed by atoms with Crippen molar-refractivity contribution < 1.29 is 14.3 Å². The average Bonchev–Trinajstić information content (AvgIpc) is 3.17. The molecule has 0 aromatic rings. The zero-order valence-electron chi connectivity index (χ0n) is 17.6. The first-order chi connectivity index (χ1) is 14.6. The molecule has 160 valence electrons. The highest BCUT2D eigenvalue weighted by atomic mass is 16.5. The first-order valence-electron chi connectivity index (χ1n) is 11.0. The van der Waals surface area contributed by atoms with Crippen LogP contribution in [0.15, 0.2) is 35.9 Å². The van der Waals surface area contributed by atoms with Gasteiger partial charge in [-0.15, -0.1) is 0 Å². The van der Waals surface area contributed by atoms with Crippen molar-refractivity contribution in [3.8, 4) is 11.8 Å². The molecule has 6 aliphatic heterocycles. The minimum absolute atomic E-state index is 0.0903. The largest absolute Gasteiger partial charge is 0.473 e. The summed E-state index contributed by atoms with van der Waals surface area (Å²) in [5, 5.41) is 3.27. The number of allylic oxidation sites excluding steroid dienone is 1. The van der Waals surface area contributed by atoms with Crippen LogP contribution in [0.5, 0.6) is 0 Å². The first-order valence-corrected chi connectivity index (χ1v) is 11.0. The summed E-state index contributed by atoms with van der Waals surface area (Å²) in [4.78, 5) is 19.3. The Morgan fingerprint density at radius 3 is 2.80 bits per heavy atom. The molecular weight excluding hydrogens is 380 g/mol. The zero-order chi connectivity index (χ0) is 20.6. The highest BCUT2D eigenvalue weighted by Crippen LogP contribution is 2.37. The number of fused-ring (bicyclic) bond motifs is 4. The Bertz CT molecular complexity index is 840. The fourth-order valence-corrected chi connectivity index (χ4v) is 5.04. The molecule has 2 atom stereocenters. The minimum Gasteiger partial charge on any atom is -0.473 e. The molecule has 0 radical (unpaired) electrons. The summed E-state index contributed by atoms with van der Waals surface area (Å²) in [6.07, 6.45) is 10.9. The smallest absolute Gasteiger partial charge is 0.326 e. The van der Waals surface area contributed by atoms with E-state index in [1.165, 1.54) is 12.8 Å². The Hall–Kier alpha value is -2.27. The van der Waals surface area contributed by atoms with E-state index >= 15 is 0 Å². The summed E-state index contributed by atoms with van der Waals surface area (Å²) >= 11 is 0. The molecule has 2 bridgehead atoms. The van der Waals surface area contributed by atoms with Gasteiger partial charge in [0, 0.05) is 44.2 Å². The van der Waals surface area contributed by atoms with Gasteiger partial charge in [0.25, 0.3) is 0 Å². The Labute approximate surface area is 178 Å². The Morgan fingerprint density at radius 1 is 1.27 bits per heavy atom. The number of nitrogens with zero attached hydrogens (tertiary/aromatic N) is 3. The lowest BCUT2D eigenvalue weighted by atomic mass is 9.80. The van der Waals surface area contributed by atoms with Gasteiger partial charge in [-0.1, -0.05) is 5.92 Å². The van der Waals surface area contributed by atoms with Crippen molar-refractivity contribution in [2.45, 2.75) is 38.0 Å². The summed E-state index contributed by atoms with van der Waals surface area (Å²) < 4.78 is 11.3. The second-order valence-electron chi connectivity index (χ2n) is 8.95. The Morgan fingerprint density at radius 2 is 2.07 bits per heavy atom. The number of carbonyl (C=O) groups is 1. The fourth-order valence-electron chi connectivity index (χ4n) is 5.04. The van der Waals surface area contributed by atoms with Crippen LogP contribution < -0.4 is 5.32 Å². The molecule has 7 nitrogen and oxygen atoms in total. The van der Waals surface area contributed by atoms with Gasteiger partial charge in [0.1, 0.15) is 6.10 Å². The molecule has 0 aromatic carbocycles. The minimum atomic E-state index is -0.250. The fraction of sp³-hybridized carbons (Fsp3) is 0.609. The molecule has 2 amide bonds. The maximum absolute atomic E-state index is 13.0. The van der Waals surface area contributed by atoms with Crippen molar-refractivity contribution in [2.75, 3.05) is 45.9 Å². The monoisotopic (exact) mass is 410 g/mol. The average molecular weight is 411 g/mol. The molecule has 6 heterocycles. The van der Waals surface area contributed by atoms with Gasteiger partial charge in [-0.05, 0) is 50.2 Å². The number of nitrogens with one attached hydrogen (secondary N) is 1. The number of hydrogen-bond acceptors (Lipinski definition) is 5. The van der Waals surface area contributed by atoms with Gasteiger partial charge in [0.05, 0.1) is 25.4 Å². The molecule has 0 saturated carbocycles. The maximum atomic E-state index is 13.0. The van der Waals surface area contributed by atoms with Crippen molar-refractivity contribution in [2.24, 2.45) is 5.92 Å². The second kappa shape index (κ2) is 8.10. The molecule has 0 spiro atoms. The molecule has 1 N–H and O–H groups in total. The van der Waals surface area contributed by atoms with Crippen LogP contribution in [-0.4, -0.2) is 78.4 Å². The van der Waals surface area contributed by atoms with Crippen LogP contribution in [-0.2, 0) is 9.47 Å². The second-order valence-corrected chi connectivity index (χ2v) is 8.95. The highest BCUT2D eigenvalue weighted by molar-refractivity contribution is 5.78. The standard InChI is InChI=1S/C23H30N4O3/c1-23(16-18-4-9-27(23)10-5-18)24-22(28)26-8-6-21-19(17-26)15-20(30-21)3-2-7-25-11-13-29-14-12-25/h6,8,15,17-18,21H,4-5,7,9-14,16H2,1H3,(H,24,28)/t21?,23-/m0/s1. The topological polar surface area (TPSA) is 57.3 Å². The van der Waals surface area contributed by atoms with Gasteiger partial charge in [-0.3, -0.25) is 14.7 Å². The van der Waals surface area contributed by atoms with Gasteiger partial charge in [0.15, 0.2) is 5.76 Å². The number of ether oxygens (including phenoxy) is 2. The van der Waals surface area contributed by atoms with Gasteiger partial charge in [-0.25, -0.2) is 4.79 Å². The molecule has 7 heteroatoms. The highest BCUT2D eigenvalue weighted by Gasteiger charge is 2.44. The lowest BCUT2D eigenvalue weighted by molar-refractivity contribution is -0.0327. The van der Waals surface area contributed by atoms with Crippen LogP contribution >= 0.6 is 0 Å². The predicted octanol–water partition coefficient (Wildman–Crippen LogP) is 1.86. The lowest BCUT2D eigenvalue weighted by Gasteiger charge is -2.53. The van der Waals surface area contributed by atoms with Crippen molar-refractivity contribution in [1.29, 1.82) is 0 Å². The number of rotatable bonds is 2. The first kappa shape index (κ1) is 19.7. The SMILES string of the molecule is C[C@@]1(NC(=O)N2C=CC3OC(C#CCN4CCOCC4)=CC3=C2)CC2CCN1CC2. The number of amides is 2. The van der Waals surface area contributed by atoms with E-state index in [1.54, 1.807) is 11.1 Å². The lowest BCUT2D eigenvalue weighted by Crippen LogP contribution is -2.66. The zero-order valence-corrected chi connectivity index (χ0v) is 17.6. The number of carbonyl (C=O) groups excluding carboxylic acids is 1. The van der Waals surface area contributed by atoms with Crippen LogP contribution in [0.2, 0.25) is 0 Å². The van der Waals surface area contributed by atoms with E-state index in [1.807, 2.05) is 18.4 Å². The molecule has 0 aliphatic carbocycles. The van der Waals surface area contributed by atoms with Crippen LogP contribution in [0.1, 0.15) is 26.2 Å². The summed E-state index contributed by atoms with van der Waals surface area (Å²) in [6, 6.07) is -0.0903.